The summed E-state index contributed by atoms with van der Waals surface area (Å²) >= 11 is 0. The van der Waals surface area contributed by atoms with E-state index in [0.29, 0.717) is 26.4 Å². The second-order valence-corrected chi connectivity index (χ2v) is 16.2. The molecule has 0 aliphatic carbocycles. The normalized spacial score (nSPS) is 13.9. The van der Waals surface area contributed by atoms with Crippen molar-refractivity contribution in [2.45, 2.75) is 200 Å². The first kappa shape index (κ1) is 46.0. The van der Waals surface area contributed by atoms with E-state index in [0.717, 1.165) is 12.8 Å². The van der Waals surface area contributed by atoms with E-state index >= 15 is 0 Å². The number of hydrogen-bond donors (Lipinski definition) is 1. The van der Waals surface area contributed by atoms with Crippen LogP contribution in [0, 0.1) is 0 Å². The molecule has 0 aliphatic rings. The zero-order chi connectivity index (χ0) is 33.8. The number of rotatable bonds is 39. The van der Waals surface area contributed by atoms with E-state index in [2.05, 4.69) is 13.8 Å². The Hall–Kier alpha value is 0.0300. The zero-order valence-electron chi connectivity index (χ0n) is 31.6. The SMILES string of the molecule is CCCCCCCCCCCCCCCCOC[C@@H](COP(=O)(O)CCN(C)C)OCCCCCCCCCCCCCCCC. The maximum Gasteiger partial charge on any atom is 0.329 e. The second-order valence-electron chi connectivity index (χ2n) is 14.2. The molecule has 0 saturated heterocycles. The summed E-state index contributed by atoms with van der Waals surface area (Å²) in [6, 6.07) is 0. The van der Waals surface area contributed by atoms with E-state index in [-0.39, 0.29) is 18.9 Å². The standard InChI is InChI=1S/C39H82NO5P/c1-5-7-9-11-13-15-17-19-21-23-25-27-29-31-34-43-37-39(38-45-46(41,42)36-33-40(3)4)44-35-32-30-28-26-24-22-20-18-16-14-12-10-8-6-2/h39H,5-38H2,1-4H3,(H,41,42)/t39-/m0/s1. The highest BCUT2D eigenvalue weighted by Crippen LogP contribution is 2.41. The van der Waals surface area contributed by atoms with Gasteiger partial charge >= 0.3 is 7.60 Å². The predicted octanol–water partition coefficient (Wildman–Crippen LogP) is 12.1. The van der Waals surface area contributed by atoms with Gasteiger partial charge < -0.3 is 23.8 Å². The molecule has 2 atom stereocenters. The Bertz CT molecular complexity index is 636. The average molecular weight is 676 g/mol. The molecule has 1 unspecified atom stereocenters. The molecule has 0 rings (SSSR count). The topological polar surface area (TPSA) is 68.2 Å². The van der Waals surface area contributed by atoms with Crippen LogP contribution in [-0.2, 0) is 18.6 Å². The Morgan fingerprint density at radius 3 is 1.24 bits per heavy atom. The van der Waals surface area contributed by atoms with Gasteiger partial charge in [-0.15, -0.1) is 0 Å². The molecule has 7 heteroatoms. The predicted molar refractivity (Wildman–Crippen MR) is 200 cm³/mol. The Labute approximate surface area is 288 Å². The van der Waals surface area contributed by atoms with E-state index in [1.165, 1.54) is 167 Å². The quantitative estimate of drug-likeness (QED) is 0.0516. The van der Waals surface area contributed by atoms with Gasteiger partial charge in [0.2, 0.25) is 0 Å². The highest BCUT2D eigenvalue weighted by molar-refractivity contribution is 7.52. The Balaban J connectivity index is 3.96. The minimum Gasteiger partial charge on any atom is -0.379 e. The molecule has 0 radical (unpaired) electrons. The van der Waals surface area contributed by atoms with E-state index in [9.17, 15) is 9.46 Å². The lowest BCUT2D eigenvalue weighted by atomic mass is 10.0. The Morgan fingerprint density at radius 2 is 0.870 bits per heavy atom. The van der Waals surface area contributed by atoms with Gasteiger partial charge in [0.25, 0.3) is 0 Å². The summed E-state index contributed by atoms with van der Waals surface area (Å²) in [6.45, 7) is 6.99. The van der Waals surface area contributed by atoms with Crippen molar-refractivity contribution in [2.75, 3.05) is 53.2 Å². The molecular weight excluding hydrogens is 593 g/mol. The van der Waals surface area contributed by atoms with Crippen molar-refractivity contribution in [1.29, 1.82) is 0 Å². The largest absolute Gasteiger partial charge is 0.379 e. The van der Waals surface area contributed by atoms with Crippen molar-refractivity contribution in [3.8, 4) is 0 Å². The van der Waals surface area contributed by atoms with Gasteiger partial charge in [0.05, 0.1) is 19.4 Å². The maximum absolute atomic E-state index is 12.5. The second kappa shape index (κ2) is 36.3. The summed E-state index contributed by atoms with van der Waals surface area (Å²) in [7, 11) is 0.164. The third kappa shape index (κ3) is 36.9. The summed E-state index contributed by atoms with van der Waals surface area (Å²) in [5, 5.41) is 0. The van der Waals surface area contributed by atoms with Crippen LogP contribution < -0.4 is 0 Å². The Morgan fingerprint density at radius 1 is 0.522 bits per heavy atom. The van der Waals surface area contributed by atoms with Crippen molar-refractivity contribution >= 4 is 7.60 Å². The smallest absolute Gasteiger partial charge is 0.329 e. The number of ether oxygens (including phenoxy) is 2. The first-order valence-electron chi connectivity index (χ1n) is 20.2. The van der Waals surface area contributed by atoms with Crippen molar-refractivity contribution in [1.82, 2.24) is 4.90 Å². The summed E-state index contributed by atoms with van der Waals surface area (Å²) < 4.78 is 30.0. The van der Waals surface area contributed by atoms with Crippen LogP contribution in [0.25, 0.3) is 0 Å². The molecule has 0 amide bonds. The van der Waals surface area contributed by atoms with Gasteiger partial charge in [-0.2, -0.15) is 0 Å². The van der Waals surface area contributed by atoms with Gasteiger partial charge in [-0.1, -0.05) is 181 Å². The fraction of sp³-hybridized carbons (Fsp3) is 1.00. The van der Waals surface area contributed by atoms with Crippen LogP contribution in [-0.4, -0.2) is 69.1 Å². The number of hydrogen-bond acceptors (Lipinski definition) is 5. The van der Waals surface area contributed by atoms with Crippen LogP contribution in [0.15, 0.2) is 0 Å². The zero-order valence-corrected chi connectivity index (χ0v) is 32.5. The van der Waals surface area contributed by atoms with Crippen LogP contribution in [0.1, 0.15) is 194 Å². The molecule has 0 saturated carbocycles. The summed E-state index contributed by atoms with van der Waals surface area (Å²) in [5.41, 5.74) is 0. The minimum absolute atomic E-state index is 0.110. The molecule has 0 aromatic carbocycles. The van der Waals surface area contributed by atoms with Gasteiger partial charge in [0.15, 0.2) is 0 Å². The lowest BCUT2D eigenvalue weighted by Crippen LogP contribution is -2.27. The molecule has 0 bridgehead atoms. The molecule has 6 nitrogen and oxygen atoms in total. The van der Waals surface area contributed by atoms with Crippen LogP contribution >= 0.6 is 7.60 Å². The first-order chi connectivity index (χ1) is 22.4. The van der Waals surface area contributed by atoms with E-state index in [4.69, 9.17) is 14.0 Å². The highest BCUT2D eigenvalue weighted by Gasteiger charge is 2.22. The van der Waals surface area contributed by atoms with Crippen molar-refractivity contribution in [3.63, 3.8) is 0 Å². The number of unbranched alkanes of at least 4 members (excludes halogenated alkanes) is 26. The van der Waals surface area contributed by atoms with Crippen LogP contribution in [0.4, 0.5) is 0 Å². The molecule has 278 valence electrons. The fourth-order valence-corrected chi connectivity index (χ4v) is 7.08. The third-order valence-electron chi connectivity index (χ3n) is 9.09. The van der Waals surface area contributed by atoms with Crippen LogP contribution in [0.5, 0.6) is 0 Å². The van der Waals surface area contributed by atoms with Crippen molar-refractivity contribution < 1.29 is 23.5 Å². The average Bonchev–Trinajstić information content (AvgIpc) is 3.03. The molecule has 0 fully saturated rings. The van der Waals surface area contributed by atoms with Crippen molar-refractivity contribution in [3.05, 3.63) is 0 Å². The molecule has 0 aromatic rings. The lowest BCUT2D eigenvalue weighted by molar-refractivity contribution is -0.0403. The van der Waals surface area contributed by atoms with Crippen LogP contribution in [0.3, 0.4) is 0 Å². The molecule has 46 heavy (non-hydrogen) atoms. The monoisotopic (exact) mass is 676 g/mol. The third-order valence-corrected chi connectivity index (χ3v) is 10.4. The van der Waals surface area contributed by atoms with E-state index < -0.39 is 7.60 Å². The first-order valence-corrected chi connectivity index (χ1v) is 22.0. The summed E-state index contributed by atoms with van der Waals surface area (Å²) in [4.78, 5) is 12.1. The van der Waals surface area contributed by atoms with Crippen LogP contribution in [0.2, 0.25) is 0 Å². The molecule has 0 aliphatic heterocycles. The van der Waals surface area contributed by atoms with Gasteiger partial charge in [-0.3, -0.25) is 4.57 Å². The minimum atomic E-state index is -3.63. The van der Waals surface area contributed by atoms with Gasteiger partial charge in [-0.25, -0.2) is 0 Å². The van der Waals surface area contributed by atoms with Gasteiger partial charge in [-0.05, 0) is 26.9 Å². The molecular formula is C39H82NO5P. The molecule has 0 aromatic heterocycles. The molecule has 1 N–H and O–H groups in total. The molecule has 0 heterocycles. The van der Waals surface area contributed by atoms with E-state index in [1.54, 1.807) is 0 Å². The summed E-state index contributed by atoms with van der Waals surface area (Å²) in [6.07, 6.45) is 37.3. The fourth-order valence-electron chi connectivity index (χ4n) is 5.89. The van der Waals surface area contributed by atoms with E-state index in [1.807, 2.05) is 19.0 Å². The lowest BCUT2D eigenvalue weighted by Gasteiger charge is -2.21. The van der Waals surface area contributed by atoms with Gasteiger partial charge in [0.1, 0.15) is 6.10 Å². The Kier molecular flexibility index (Phi) is 36.3. The number of nitrogens with zero attached hydrogens (tertiary/aromatic N) is 1. The summed E-state index contributed by atoms with van der Waals surface area (Å²) in [5.74, 6) is 0. The van der Waals surface area contributed by atoms with Gasteiger partial charge in [0, 0.05) is 19.8 Å². The van der Waals surface area contributed by atoms with Crippen molar-refractivity contribution in [2.24, 2.45) is 0 Å². The maximum atomic E-state index is 12.5. The highest BCUT2D eigenvalue weighted by atomic mass is 31.2. The molecule has 0 spiro atoms.